The Morgan fingerprint density at radius 2 is 2.21 bits per heavy atom. The molecule has 0 aliphatic rings. The molecule has 2 aromatic rings. The van der Waals surface area contributed by atoms with Crippen LogP contribution < -0.4 is 0 Å². The van der Waals surface area contributed by atoms with Crippen LogP contribution in [0.15, 0.2) is 23.1 Å². The maximum absolute atomic E-state index is 12.9. The van der Waals surface area contributed by atoms with Crippen LogP contribution in [0.3, 0.4) is 0 Å². The quantitative estimate of drug-likeness (QED) is 0.689. The lowest BCUT2D eigenvalue weighted by molar-refractivity contribution is 0.658. The summed E-state index contributed by atoms with van der Waals surface area (Å²) in [7, 11) is 0. The Morgan fingerprint density at radius 3 is 2.86 bits per heavy atom. The molecule has 0 saturated heterocycles. The first kappa shape index (κ1) is 9.50. The molecular weight excluding hydrogens is 217 g/mol. The first-order valence-electron chi connectivity index (χ1n) is 3.92. The Balaban J connectivity index is 2.76. The molecule has 1 heterocycles. The Bertz CT molecular complexity index is 525. The Morgan fingerprint density at radius 1 is 1.43 bits per heavy atom. The van der Waals surface area contributed by atoms with Crippen LogP contribution in [0.5, 0.6) is 0 Å². The van der Waals surface area contributed by atoms with Gasteiger partial charge in [-0.05, 0) is 29.8 Å². The van der Waals surface area contributed by atoms with Crippen molar-refractivity contribution in [3.8, 4) is 6.07 Å². The molecule has 0 bridgehead atoms. The van der Waals surface area contributed by atoms with E-state index in [1.165, 1.54) is 17.8 Å². The van der Waals surface area contributed by atoms with Crippen LogP contribution in [-0.2, 0) is 0 Å². The summed E-state index contributed by atoms with van der Waals surface area (Å²) in [5.74, 6) is 0. The van der Waals surface area contributed by atoms with Crippen LogP contribution in [0.4, 0.5) is 4.39 Å². The lowest BCUT2D eigenvalue weighted by atomic mass is 10.2. The van der Waals surface area contributed by atoms with E-state index < -0.39 is 0 Å². The van der Waals surface area contributed by atoms with Crippen molar-refractivity contribution in [1.29, 1.82) is 5.26 Å². The average Bonchev–Trinajstić information content (AvgIpc) is 2.54. The van der Waals surface area contributed by atoms with E-state index >= 15 is 0 Å². The molecule has 0 N–H and O–H groups in total. The summed E-state index contributed by atoms with van der Waals surface area (Å²) in [5, 5.41) is 9.46. The summed E-state index contributed by atoms with van der Waals surface area (Å²) in [4.78, 5) is 0.904. The van der Waals surface area contributed by atoms with E-state index in [-0.39, 0.29) is 5.13 Å². The second-order valence-corrected chi connectivity index (χ2v) is 4.63. The van der Waals surface area contributed by atoms with Crippen molar-refractivity contribution in [3.63, 3.8) is 0 Å². The molecule has 70 valence electrons. The van der Waals surface area contributed by atoms with Gasteiger partial charge in [-0.2, -0.15) is 9.65 Å². The van der Waals surface area contributed by atoms with Crippen LogP contribution in [0.1, 0.15) is 5.56 Å². The maximum atomic E-state index is 12.9. The standard InChI is InChI=1S/C10H6FNS2/c1-13-8-4-9-6(2-7(8)5-12)3-10(11)14-9/h2-4H,1H3. The van der Waals surface area contributed by atoms with Crippen LogP contribution >= 0.6 is 23.1 Å². The molecule has 1 aromatic carbocycles. The molecule has 0 saturated carbocycles. The SMILES string of the molecule is CSc1cc2sc(F)cc2cc1C#N. The molecule has 0 unspecified atom stereocenters. The summed E-state index contributed by atoms with van der Waals surface area (Å²) in [6, 6.07) is 7.18. The fourth-order valence-electron chi connectivity index (χ4n) is 1.29. The highest BCUT2D eigenvalue weighted by atomic mass is 32.2. The zero-order chi connectivity index (χ0) is 10.1. The highest BCUT2D eigenvalue weighted by Gasteiger charge is 2.06. The van der Waals surface area contributed by atoms with Crippen LogP contribution in [0.2, 0.25) is 0 Å². The molecular formula is C10H6FNS2. The van der Waals surface area contributed by atoms with E-state index in [0.717, 1.165) is 26.3 Å². The van der Waals surface area contributed by atoms with Crippen molar-refractivity contribution in [2.75, 3.05) is 6.26 Å². The van der Waals surface area contributed by atoms with E-state index in [2.05, 4.69) is 6.07 Å². The zero-order valence-corrected chi connectivity index (χ0v) is 9.01. The molecule has 0 atom stereocenters. The molecule has 0 spiro atoms. The van der Waals surface area contributed by atoms with Gasteiger partial charge in [-0.15, -0.1) is 23.1 Å². The minimum atomic E-state index is -0.206. The van der Waals surface area contributed by atoms with E-state index in [1.807, 2.05) is 12.3 Å². The summed E-state index contributed by atoms with van der Waals surface area (Å²) in [6.07, 6.45) is 1.91. The Labute approximate surface area is 89.2 Å². The van der Waals surface area contributed by atoms with Crippen LogP contribution in [0.25, 0.3) is 10.1 Å². The van der Waals surface area contributed by atoms with Gasteiger partial charge in [-0.3, -0.25) is 0 Å². The first-order valence-corrected chi connectivity index (χ1v) is 5.96. The third-order valence-corrected chi connectivity index (χ3v) is 3.59. The summed E-state index contributed by atoms with van der Waals surface area (Å²) < 4.78 is 13.8. The molecule has 2 rings (SSSR count). The minimum absolute atomic E-state index is 0.206. The highest BCUT2D eigenvalue weighted by Crippen LogP contribution is 2.31. The number of hydrogen-bond acceptors (Lipinski definition) is 3. The van der Waals surface area contributed by atoms with Gasteiger partial charge in [0.25, 0.3) is 0 Å². The van der Waals surface area contributed by atoms with Crippen molar-refractivity contribution in [2.24, 2.45) is 0 Å². The summed E-state index contributed by atoms with van der Waals surface area (Å²) in [6.45, 7) is 0. The zero-order valence-electron chi connectivity index (χ0n) is 7.37. The number of nitrogens with zero attached hydrogens (tertiary/aromatic N) is 1. The van der Waals surface area contributed by atoms with Crippen molar-refractivity contribution in [2.45, 2.75) is 4.90 Å². The normalized spacial score (nSPS) is 10.4. The average molecular weight is 223 g/mol. The topological polar surface area (TPSA) is 23.8 Å². The van der Waals surface area contributed by atoms with Gasteiger partial charge in [0.1, 0.15) is 6.07 Å². The number of hydrogen-bond donors (Lipinski definition) is 0. The molecule has 0 fully saturated rings. The molecule has 0 aliphatic heterocycles. The molecule has 0 aliphatic carbocycles. The van der Waals surface area contributed by atoms with Gasteiger partial charge in [-0.25, -0.2) is 0 Å². The first-order chi connectivity index (χ1) is 6.74. The predicted octanol–water partition coefficient (Wildman–Crippen LogP) is 3.63. The van der Waals surface area contributed by atoms with Gasteiger partial charge >= 0.3 is 0 Å². The lowest BCUT2D eigenvalue weighted by Crippen LogP contribution is -1.78. The number of nitriles is 1. The monoisotopic (exact) mass is 223 g/mol. The number of fused-ring (bicyclic) bond motifs is 1. The van der Waals surface area contributed by atoms with Gasteiger partial charge in [0, 0.05) is 9.60 Å². The number of benzene rings is 1. The summed E-state index contributed by atoms with van der Waals surface area (Å²) >= 11 is 2.62. The fourth-order valence-corrected chi connectivity index (χ4v) is 2.74. The lowest BCUT2D eigenvalue weighted by Gasteiger charge is -1.98. The number of halogens is 1. The van der Waals surface area contributed by atoms with E-state index in [1.54, 1.807) is 6.07 Å². The smallest absolute Gasteiger partial charge is 0.177 e. The second-order valence-electron chi connectivity index (χ2n) is 2.75. The van der Waals surface area contributed by atoms with Gasteiger partial charge in [-0.1, -0.05) is 0 Å². The van der Waals surface area contributed by atoms with Crippen molar-refractivity contribution < 1.29 is 4.39 Å². The van der Waals surface area contributed by atoms with E-state index in [9.17, 15) is 4.39 Å². The second kappa shape index (κ2) is 3.60. The van der Waals surface area contributed by atoms with Crippen molar-refractivity contribution in [3.05, 3.63) is 28.9 Å². The van der Waals surface area contributed by atoms with Gasteiger partial charge in [0.2, 0.25) is 0 Å². The molecule has 1 aromatic heterocycles. The van der Waals surface area contributed by atoms with Crippen LogP contribution in [-0.4, -0.2) is 6.26 Å². The van der Waals surface area contributed by atoms with E-state index in [0.29, 0.717) is 5.56 Å². The van der Waals surface area contributed by atoms with Crippen molar-refractivity contribution in [1.82, 2.24) is 0 Å². The molecule has 0 amide bonds. The van der Waals surface area contributed by atoms with Crippen molar-refractivity contribution >= 4 is 33.2 Å². The number of thioether (sulfide) groups is 1. The molecule has 1 nitrogen and oxygen atoms in total. The van der Waals surface area contributed by atoms with Gasteiger partial charge in [0.15, 0.2) is 5.13 Å². The summed E-state index contributed by atoms with van der Waals surface area (Å²) in [5.41, 5.74) is 0.614. The molecule has 14 heavy (non-hydrogen) atoms. The Kier molecular flexibility index (Phi) is 2.44. The third kappa shape index (κ3) is 1.49. The fraction of sp³-hybridized carbons (Fsp3) is 0.100. The van der Waals surface area contributed by atoms with Crippen LogP contribution in [0, 0.1) is 16.5 Å². The van der Waals surface area contributed by atoms with E-state index in [4.69, 9.17) is 5.26 Å². The Hall–Kier alpha value is -1.05. The largest absolute Gasteiger partial charge is 0.195 e. The minimum Gasteiger partial charge on any atom is -0.195 e. The predicted molar refractivity (Wildman–Crippen MR) is 58.3 cm³/mol. The maximum Gasteiger partial charge on any atom is 0.177 e. The highest BCUT2D eigenvalue weighted by molar-refractivity contribution is 7.98. The number of thiophene rings is 1. The molecule has 0 radical (unpaired) electrons. The number of rotatable bonds is 1. The third-order valence-electron chi connectivity index (χ3n) is 1.93. The molecule has 4 heteroatoms. The van der Waals surface area contributed by atoms with Gasteiger partial charge in [0.05, 0.1) is 5.56 Å². The van der Waals surface area contributed by atoms with Gasteiger partial charge < -0.3 is 0 Å².